The van der Waals surface area contributed by atoms with Crippen LogP contribution in [0, 0.1) is 11.7 Å². The number of likely N-dealkylation sites (N-methyl/N-ethyl adjacent to an activating group) is 1. The highest BCUT2D eigenvalue weighted by atomic mass is 19.1. The minimum absolute atomic E-state index is 0.117. The molecule has 0 heterocycles. The fourth-order valence-electron chi connectivity index (χ4n) is 3.26. The van der Waals surface area contributed by atoms with Crippen molar-refractivity contribution in [3.8, 4) is 0 Å². The number of hydrogen-bond donors (Lipinski definition) is 1. The lowest BCUT2D eigenvalue weighted by molar-refractivity contribution is 0.141. The molecule has 1 fully saturated rings. The van der Waals surface area contributed by atoms with Gasteiger partial charge in [-0.2, -0.15) is 0 Å². The van der Waals surface area contributed by atoms with Crippen molar-refractivity contribution < 1.29 is 4.39 Å². The average molecular weight is 264 g/mol. The smallest absolute Gasteiger partial charge is 0.127 e. The largest absolute Gasteiger partial charge is 0.329 e. The van der Waals surface area contributed by atoms with E-state index in [4.69, 9.17) is 5.73 Å². The zero-order valence-electron chi connectivity index (χ0n) is 11.8. The van der Waals surface area contributed by atoms with E-state index in [2.05, 4.69) is 11.9 Å². The molecule has 2 N–H and O–H groups in total. The Morgan fingerprint density at radius 3 is 2.58 bits per heavy atom. The molecule has 1 aliphatic rings. The molecule has 0 spiro atoms. The molecule has 106 valence electrons. The Morgan fingerprint density at radius 1 is 1.26 bits per heavy atom. The third-order valence-electron chi connectivity index (χ3n) is 4.38. The standard InChI is InChI=1S/C16H25FN2/c1-19(12-14-9-5-6-10-15(14)17)16(11-18)13-7-3-2-4-8-13/h5-6,9-10,13,16H,2-4,7-8,11-12,18H2,1H3. The maximum Gasteiger partial charge on any atom is 0.127 e. The summed E-state index contributed by atoms with van der Waals surface area (Å²) in [5.41, 5.74) is 6.72. The van der Waals surface area contributed by atoms with Gasteiger partial charge in [-0.3, -0.25) is 4.90 Å². The topological polar surface area (TPSA) is 29.3 Å². The van der Waals surface area contributed by atoms with Gasteiger partial charge >= 0.3 is 0 Å². The first-order valence-corrected chi connectivity index (χ1v) is 7.36. The molecule has 1 aromatic rings. The maximum absolute atomic E-state index is 13.7. The number of nitrogens with zero attached hydrogens (tertiary/aromatic N) is 1. The van der Waals surface area contributed by atoms with Gasteiger partial charge < -0.3 is 5.73 Å². The zero-order chi connectivity index (χ0) is 13.7. The summed E-state index contributed by atoms with van der Waals surface area (Å²) in [6, 6.07) is 7.39. The van der Waals surface area contributed by atoms with E-state index in [-0.39, 0.29) is 5.82 Å². The van der Waals surface area contributed by atoms with E-state index < -0.39 is 0 Å². The van der Waals surface area contributed by atoms with E-state index in [1.54, 1.807) is 6.07 Å². The summed E-state index contributed by atoms with van der Waals surface area (Å²) in [7, 11) is 2.07. The van der Waals surface area contributed by atoms with Gasteiger partial charge in [-0.05, 0) is 31.9 Å². The van der Waals surface area contributed by atoms with Crippen LogP contribution in [0.4, 0.5) is 4.39 Å². The molecular weight excluding hydrogens is 239 g/mol. The van der Waals surface area contributed by atoms with Crippen LogP contribution in [0.25, 0.3) is 0 Å². The molecular formula is C16H25FN2. The second kappa shape index (κ2) is 7.01. The Morgan fingerprint density at radius 2 is 1.95 bits per heavy atom. The van der Waals surface area contributed by atoms with Gasteiger partial charge in [-0.25, -0.2) is 4.39 Å². The van der Waals surface area contributed by atoms with Crippen LogP contribution in [0.3, 0.4) is 0 Å². The molecule has 1 saturated carbocycles. The van der Waals surface area contributed by atoms with Crippen molar-refractivity contribution in [3.05, 3.63) is 35.6 Å². The average Bonchev–Trinajstić information content (AvgIpc) is 2.43. The van der Waals surface area contributed by atoms with Crippen LogP contribution in [-0.4, -0.2) is 24.5 Å². The molecule has 0 amide bonds. The fourth-order valence-corrected chi connectivity index (χ4v) is 3.26. The van der Waals surface area contributed by atoms with Crippen LogP contribution in [0.5, 0.6) is 0 Å². The van der Waals surface area contributed by atoms with Crippen molar-refractivity contribution in [1.29, 1.82) is 0 Å². The third-order valence-corrected chi connectivity index (χ3v) is 4.38. The van der Waals surface area contributed by atoms with E-state index in [1.165, 1.54) is 38.2 Å². The van der Waals surface area contributed by atoms with Gasteiger partial charge in [0.1, 0.15) is 5.82 Å². The second-order valence-electron chi connectivity index (χ2n) is 5.71. The highest BCUT2D eigenvalue weighted by molar-refractivity contribution is 5.17. The number of hydrogen-bond acceptors (Lipinski definition) is 2. The molecule has 0 aromatic heterocycles. The number of nitrogens with two attached hydrogens (primary N) is 1. The Balaban J connectivity index is 2.00. The van der Waals surface area contributed by atoms with Gasteiger partial charge in [0, 0.05) is 24.7 Å². The lowest BCUT2D eigenvalue weighted by atomic mass is 9.83. The van der Waals surface area contributed by atoms with E-state index in [9.17, 15) is 4.39 Å². The van der Waals surface area contributed by atoms with Gasteiger partial charge in [-0.15, -0.1) is 0 Å². The summed E-state index contributed by atoms with van der Waals surface area (Å²) >= 11 is 0. The number of halogens is 1. The van der Waals surface area contributed by atoms with Crippen LogP contribution in [0.1, 0.15) is 37.7 Å². The molecule has 19 heavy (non-hydrogen) atoms. The lowest BCUT2D eigenvalue weighted by Gasteiger charge is -2.36. The summed E-state index contributed by atoms with van der Waals surface area (Å²) in [6.07, 6.45) is 6.52. The van der Waals surface area contributed by atoms with Crippen molar-refractivity contribution >= 4 is 0 Å². The summed E-state index contributed by atoms with van der Waals surface area (Å²) in [4.78, 5) is 2.23. The highest BCUT2D eigenvalue weighted by Gasteiger charge is 2.26. The molecule has 1 aromatic carbocycles. The summed E-state index contributed by atoms with van der Waals surface area (Å²) in [5, 5.41) is 0. The number of benzene rings is 1. The van der Waals surface area contributed by atoms with Crippen molar-refractivity contribution in [2.75, 3.05) is 13.6 Å². The molecule has 2 rings (SSSR count). The second-order valence-corrected chi connectivity index (χ2v) is 5.71. The number of rotatable bonds is 5. The minimum Gasteiger partial charge on any atom is -0.329 e. The molecule has 0 bridgehead atoms. The fraction of sp³-hybridized carbons (Fsp3) is 0.625. The van der Waals surface area contributed by atoms with Gasteiger partial charge in [0.25, 0.3) is 0 Å². The van der Waals surface area contributed by atoms with E-state index in [0.717, 1.165) is 5.56 Å². The highest BCUT2D eigenvalue weighted by Crippen LogP contribution is 2.29. The van der Waals surface area contributed by atoms with Gasteiger partial charge in [0.15, 0.2) is 0 Å². The van der Waals surface area contributed by atoms with Crippen LogP contribution in [0.2, 0.25) is 0 Å². The molecule has 1 aliphatic carbocycles. The van der Waals surface area contributed by atoms with Crippen molar-refractivity contribution in [3.63, 3.8) is 0 Å². The first-order chi connectivity index (χ1) is 9.22. The van der Waals surface area contributed by atoms with E-state index in [1.807, 2.05) is 12.1 Å². The summed E-state index contributed by atoms with van der Waals surface area (Å²) in [6.45, 7) is 1.31. The molecule has 0 aliphatic heterocycles. The predicted octanol–water partition coefficient (Wildman–Crippen LogP) is 3.17. The predicted molar refractivity (Wildman–Crippen MR) is 77.3 cm³/mol. The van der Waals surface area contributed by atoms with Crippen LogP contribution in [0.15, 0.2) is 24.3 Å². The van der Waals surface area contributed by atoms with Crippen LogP contribution >= 0.6 is 0 Å². The molecule has 0 radical (unpaired) electrons. The normalized spacial score (nSPS) is 18.7. The Bertz CT molecular complexity index is 388. The summed E-state index contributed by atoms with van der Waals surface area (Å²) in [5.74, 6) is 0.560. The monoisotopic (exact) mass is 264 g/mol. The molecule has 1 atom stereocenters. The molecule has 1 unspecified atom stereocenters. The van der Waals surface area contributed by atoms with Gasteiger partial charge in [0.2, 0.25) is 0 Å². The van der Waals surface area contributed by atoms with Crippen molar-refractivity contribution in [2.24, 2.45) is 11.7 Å². The lowest BCUT2D eigenvalue weighted by Crippen LogP contribution is -2.43. The van der Waals surface area contributed by atoms with E-state index in [0.29, 0.717) is 25.0 Å². The molecule has 0 saturated heterocycles. The van der Waals surface area contributed by atoms with Gasteiger partial charge in [0.05, 0.1) is 0 Å². The Hall–Kier alpha value is -0.930. The minimum atomic E-state index is -0.117. The Kier molecular flexibility index (Phi) is 5.34. The zero-order valence-corrected chi connectivity index (χ0v) is 11.8. The Labute approximate surface area is 115 Å². The van der Waals surface area contributed by atoms with Crippen molar-refractivity contribution in [1.82, 2.24) is 4.90 Å². The van der Waals surface area contributed by atoms with Crippen molar-refractivity contribution in [2.45, 2.75) is 44.7 Å². The quantitative estimate of drug-likeness (QED) is 0.885. The summed E-state index contributed by atoms with van der Waals surface area (Å²) < 4.78 is 13.7. The third kappa shape index (κ3) is 3.77. The molecule has 2 nitrogen and oxygen atoms in total. The first kappa shape index (κ1) is 14.5. The first-order valence-electron chi connectivity index (χ1n) is 7.36. The maximum atomic E-state index is 13.7. The van der Waals surface area contributed by atoms with Gasteiger partial charge in [-0.1, -0.05) is 37.5 Å². The van der Waals surface area contributed by atoms with Crippen LogP contribution in [-0.2, 0) is 6.54 Å². The SMILES string of the molecule is CN(Cc1ccccc1F)C(CN)C1CCCCC1. The van der Waals surface area contributed by atoms with Crippen LogP contribution < -0.4 is 5.73 Å². The van der Waals surface area contributed by atoms with E-state index >= 15 is 0 Å². The molecule has 3 heteroatoms.